The fourth-order valence-electron chi connectivity index (χ4n) is 1.31. The summed E-state index contributed by atoms with van der Waals surface area (Å²) in [5.41, 5.74) is 4.36. The summed E-state index contributed by atoms with van der Waals surface area (Å²) >= 11 is 5.41. The summed E-state index contributed by atoms with van der Waals surface area (Å²) in [7, 11) is 0. The van der Waals surface area contributed by atoms with Crippen molar-refractivity contribution in [2.24, 2.45) is 0 Å². The Balaban J connectivity index is 2.41. The van der Waals surface area contributed by atoms with Crippen LogP contribution in [0.1, 0.15) is 18.4 Å². The van der Waals surface area contributed by atoms with Crippen molar-refractivity contribution in [3.05, 3.63) is 35.4 Å². The Morgan fingerprint density at radius 1 is 1.16 bits per heavy atom. The molecule has 0 saturated heterocycles. The second-order valence-electron chi connectivity index (χ2n) is 3.80. The number of nitrogens with one attached hydrogen (secondary N) is 2. The van der Waals surface area contributed by atoms with E-state index in [2.05, 4.69) is 10.9 Å². The van der Waals surface area contributed by atoms with Gasteiger partial charge in [-0.25, -0.2) is 8.78 Å². The minimum absolute atomic E-state index is 0.0499. The van der Waals surface area contributed by atoms with Gasteiger partial charge >= 0.3 is 0 Å². The zero-order chi connectivity index (χ0) is 14.3. The summed E-state index contributed by atoms with van der Waals surface area (Å²) in [6.45, 7) is 0. The Kier molecular flexibility index (Phi) is 6.21. The van der Waals surface area contributed by atoms with E-state index in [1.807, 2.05) is 0 Å². The molecule has 4 nitrogen and oxygen atoms in total. The fourth-order valence-corrected chi connectivity index (χ4v) is 1.45. The summed E-state index contributed by atoms with van der Waals surface area (Å²) in [6.07, 6.45) is 0.395. The average molecular weight is 291 g/mol. The molecular weight excluding hydrogens is 278 g/mol. The minimum Gasteiger partial charge on any atom is -0.273 e. The van der Waals surface area contributed by atoms with Crippen molar-refractivity contribution < 1.29 is 18.4 Å². The first-order chi connectivity index (χ1) is 9.02. The molecule has 19 heavy (non-hydrogen) atoms. The highest BCUT2D eigenvalue weighted by Crippen LogP contribution is 2.09. The molecule has 1 rings (SSSR count). The second-order valence-corrected chi connectivity index (χ2v) is 4.18. The van der Waals surface area contributed by atoms with E-state index in [0.29, 0.717) is 18.4 Å². The van der Waals surface area contributed by atoms with Gasteiger partial charge < -0.3 is 0 Å². The molecule has 104 valence electrons. The van der Waals surface area contributed by atoms with Crippen molar-refractivity contribution in [2.75, 3.05) is 5.88 Å². The van der Waals surface area contributed by atoms with Gasteiger partial charge in [0, 0.05) is 18.4 Å². The molecule has 0 bridgehead atoms. The Labute approximate surface area is 114 Å². The monoisotopic (exact) mass is 290 g/mol. The Bertz CT molecular complexity index is 469. The molecular formula is C12H13ClF2N2O2. The summed E-state index contributed by atoms with van der Waals surface area (Å²) in [5.74, 6) is -2.14. The third kappa shape index (κ3) is 5.65. The number of hydrogen-bond acceptors (Lipinski definition) is 2. The van der Waals surface area contributed by atoms with E-state index in [0.717, 1.165) is 6.07 Å². The molecule has 0 saturated carbocycles. The first kappa shape index (κ1) is 15.4. The standard InChI is InChI=1S/C12H13ClF2N2O2/c13-5-1-2-11(18)16-17-12(19)6-8-3-4-9(14)7-10(8)15/h3-4,7H,1-2,5-6H2,(H,16,18)(H,17,19). The largest absolute Gasteiger partial charge is 0.273 e. The van der Waals surface area contributed by atoms with Crippen LogP contribution in [0, 0.1) is 11.6 Å². The van der Waals surface area contributed by atoms with Gasteiger partial charge in [-0.3, -0.25) is 20.4 Å². The maximum Gasteiger partial charge on any atom is 0.242 e. The normalized spacial score (nSPS) is 10.1. The molecule has 0 heterocycles. The zero-order valence-electron chi connectivity index (χ0n) is 10.0. The van der Waals surface area contributed by atoms with Gasteiger partial charge in [0.1, 0.15) is 11.6 Å². The number of carbonyl (C=O) groups is 2. The summed E-state index contributed by atoms with van der Waals surface area (Å²) < 4.78 is 25.9. The minimum atomic E-state index is -0.802. The van der Waals surface area contributed by atoms with Crippen LogP contribution in [-0.4, -0.2) is 17.7 Å². The lowest BCUT2D eigenvalue weighted by molar-refractivity contribution is -0.128. The number of alkyl halides is 1. The smallest absolute Gasteiger partial charge is 0.242 e. The van der Waals surface area contributed by atoms with E-state index in [9.17, 15) is 18.4 Å². The molecule has 0 radical (unpaired) electrons. The number of hydrazine groups is 1. The van der Waals surface area contributed by atoms with Gasteiger partial charge in [-0.1, -0.05) is 6.07 Å². The van der Waals surface area contributed by atoms with Crippen LogP contribution in [0.25, 0.3) is 0 Å². The van der Waals surface area contributed by atoms with E-state index in [-0.39, 0.29) is 24.3 Å². The van der Waals surface area contributed by atoms with E-state index in [1.54, 1.807) is 0 Å². The number of amides is 2. The first-order valence-corrected chi connectivity index (χ1v) is 6.14. The Morgan fingerprint density at radius 3 is 2.47 bits per heavy atom. The molecule has 2 N–H and O–H groups in total. The van der Waals surface area contributed by atoms with E-state index in [1.165, 1.54) is 6.07 Å². The SMILES string of the molecule is O=C(CCCCl)NNC(=O)Cc1ccc(F)cc1F. The van der Waals surface area contributed by atoms with E-state index in [4.69, 9.17) is 11.6 Å². The third-order valence-corrected chi connectivity index (χ3v) is 2.51. The molecule has 0 fully saturated rings. The van der Waals surface area contributed by atoms with Gasteiger partial charge in [-0.05, 0) is 18.1 Å². The Hall–Kier alpha value is -1.69. The van der Waals surface area contributed by atoms with Crippen molar-refractivity contribution in [1.29, 1.82) is 0 Å². The van der Waals surface area contributed by atoms with Crippen molar-refractivity contribution in [2.45, 2.75) is 19.3 Å². The van der Waals surface area contributed by atoms with Gasteiger partial charge in [0.25, 0.3) is 0 Å². The average Bonchev–Trinajstić information content (AvgIpc) is 2.37. The van der Waals surface area contributed by atoms with Crippen LogP contribution in [0.15, 0.2) is 18.2 Å². The molecule has 0 aliphatic heterocycles. The predicted octanol–water partition coefficient (Wildman–Crippen LogP) is 1.67. The fraction of sp³-hybridized carbons (Fsp3) is 0.333. The molecule has 0 aliphatic rings. The Morgan fingerprint density at radius 2 is 1.84 bits per heavy atom. The molecule has 0 spiro atoms. The van der Waals surface area contributed by atoms with Crippen LogP contribution in [0.5, 0.6) is 0 Å². The highest BCUT2D eigenvalue weighted by atomic mass is 35.5. The molecule has 7 heteroatoms. The number of benzene rings is 1. The highest BCUT2D eigenvalue weighted by molar-refractivity contribution is 6.17. The van der Waals surface area contributed by atoms with Gasteiger partial charge in [0.15, 0.2) is 0 Å². The number of hydrogen-bond donors (Lipinski definition) is 2. The van der Waals surface area contributed by atoms with E-state index >= 15 is 0 Å². The topological polar surface area (TPSA) is 58.2 Å². The van der Waals surface area contributed by atoms with Gasteiger partial charge in [-0.15, -0.1) is 11.6 Å². The van der Waals surface area contributed by atoms with Crippen LogP contribution in [0.4, 0.5) is 8.78 Å². The van der Waals surface area contributed by atoms with Crippen molar-refractivity contribution in [3.8, 4) is 0 Å². The van der Waals surface area contributed by atoms with Gasteiger partial charge in [0.2, 0.25) is 11.8 Å². The number of rotatable bonds is 5. The van der Waals surface area contributed by atoms with E-state index < -0.39 is 17.5 Å². The second kappa shape index (κ2) is 7.68. The maximum atomic E-state index is 13.3. The van der Waals surface area contributed by atoms with Crippen LogP contribution >= 0.6 is 11.6 Å². The lowest BCUT2D eigenvalue weighted by Gasteiger charge is -2.07. The highest BCUT2D eigenvalue weighted by Gasteiger charge is 2.10. The molecule has 0 unspecified atom stereocenters. The predicted molar refractivity (Wildman–Crippen MR) is 66.3 cm³/mol. The summed E-state index contributed by atoms with van der Waals surface area (Å²) in [4.78, 5) is 22.6. The van der Waals surface area contributed by atoms with Crippen LogP contribution < -0.4 is 10.9 Å². The molecule has 0 atom stereocenters. The number of halogens is 3. The number of carbonyl (C=O) groups excluding carboxylic acids is 2. The van der Waals surface area contributed by atoms with Crippen molar-refractivity contribution >= 4 is 23.4 Å². The van der Waals surface area contributed by atoms with Crippen LogP contribution in [0.2, 0.25) is 0 Å². The molecule has 0 aliphatic carbocycles. The first-order valence-electron chi connectivity index (χ1n) is 5.60. The van der Waals surface area contributed by atoms with Gasteiger partial charge in [0.05, 0.1) is 6.42 Å². The maximum absolute atomic E-state index is 13.3. The summed E-state index contributed by atoms with van der Waals surface area (Å²) in [5, 5.41) is 0. The molecule has 0 aromatic heterocycles. The van der Waals surface area contributed by atoms with Crippen molar-refractivity contribution in [3.63, 3.8) is 0 Å². The lowest BCUT2D eigenvalue weighted by Crippen LogP contribution is -2.42. The van der Waals surface area contributed by atoms with Gasteiger partial charge in [-0.2, -0.15) is 0 Å². The molecule has 1 aromatic carbocycles. The van der Waals surface area contributed by atoms with Crippen LogP contribution in [0.3, 0.4) is 0 Å². The zero-order valence-corrected chi connectivity index (χ0v) is 10.8. The molecule has 1 aromatic rings. The quantitative estimate of drug-likeness (QED) is 0.640. The van der Waals surface area contributed by atoms with Crippen molar-refractivity contribution in [1.82, 2.24) is 10.9 Å². The molecule has 2 amide bonds. The third-order valence-electron chi connectivity index (χ3n) is 2.24. The van der Waals surface area contributed by atoms with Crippen LogP contribution in [-0.2, 0) is 16.0 Å². The lowest BCUT2D eigenvalue weighted by atomic mass is 10.1. The summed E-state index contributed by atoms with van der Waals surface area (Å²) in [6, 6.07) is 2.94.